The molecule has 4 heterocycles. The summed E-state index contributed by atoms with van der Waals surface area (Å²) in [6.45, 7) is 6.86. The molecule has 2 fully saturated rings. The molecule has 0 saturated carbocycles. The lowest BCUT2D eigenvalue weighted by molar-refractivity contribution is -0.138. The van der Waals surface area contributed by atoms with Crippen molar-refractivity contribution in [2.75, 3.05) is 19.6 Å². The number of aromatic nitrogens is 3. The van der Waals surface area contributed by atoms with E-state index in [0.717, 1.165) is 49.9 Å². The maximum Gasteiger partial charge on any atom is 0.237 e. The number of fused-ring (bicyclic) bond motifs is 1. The highest BCUT2D eigenvalue weighted by Gasteiger charge is 2.31. The first kappa shape index (κ1) is 17.5. The van der Waals surface area contributed by atoms with E-state index >= 15 is 0 Å². The fraction of sp³-hybridized carbons (Fsp3) is 0.650. The van der Waals surface area contributed by atoms with Crippen LogP contribution in [0.3, 0.4) is 0 Å². The lowest BCUT2D eigenvalue weighted by Crippen LogP contribution is -2.51. The first-order valence-electron chi connectivity index (χ1n) is 9.94. The van der Waals surface area contributed by atoms with Gasteiger partial charge in [0.1, 0.15) is 5.52 Å². The van der Waals surface area contributed by atoms with Crippen LogP contribution in [0.1, 0.15) is 52.0 Å². The maximum atomic E-state index is 12.8. The average molecular weight is 355 g/mol. The highest BCUT2D eigenvalue weighted by Crippen LogP contribution is 2.27. The number of carbonyl (C=O) groups is 1. The van der Waals surface area contributed by atoms with Crippen LogP contribution in [0.25, 0.3) is 11.2 Å². The summed E-state index contributed by atoms with van der Waals surface area (Å²) in [5.74, 6) is 0.304. The van der Waals surface area contributed by atoms with E-state index in [-0.39, 0.29) is 0 Å². The van der Waals surface area contributed by atoms with Gasteiger partial charge in [0.05, 0.1) is 12.9 Å². The highest BCUT2D eigenvalue weighted by molar-refractivity contribution is 5.79. The SMILES string of the molecule is C[C@@H]1CCC[C@H](C)N1C(=O)CN1CCC(n2cnc3cccnc32)CC1. The van der Waals surface area contributed by atoms with Crippen LogP contribution in [0.15, 0.2) is 24.7 Å². The normalized spacial score (nSPS) is 25.7. The fourth-order valence-electron chi connectivity index (χ4n) is 4.68. The van der Waals surface area contributed by atoms with Gasteiger partial charge in [-0.3, -0.25) is 9.69 Å². The van der Waals surface area contributed by atoms with Gasteiger partial charge in [0.25, 0.3) is 0 Å². The molecule has 2 aliphatic rings. The third kappa shape index (κ3) is 3.34. The zero-order valence-electron chi connectivity index (χ0n) is 15.8. The standard InChI is InChI=1S/C20H29N5O/c1-15-5-3-6-16(2)25(15)19(26)13-23-11-8-17(9-12-23)24-14-22-18-7-4-10-21-20(18)24/h4,7,10,14-17H,3,5-6,8-9,11-13H2,1-2H3/t15-,16+. The second kappa shape index (κ2) is 7.35. The van der Waals surface area contributed by atoms with Crippen LogP contribution in [0.5, 0.6) is 0 Å². The Morgan fingerprint density at radius 3 is 2.58 bits per heavy atom. The Kier molecular flexibility index (Phi) is 4.94. The molecule has 0 radical (unpaired) electrons. The molecule has 0 unspecified atom stereocenters. The van der Waals surface area contributed by atoms with Crippen molar-refractivity contribution in [3.8, 4) is 0 Å². The Bertz CT molecular complexity index is 754. The van der Waals surface area contributed by atoms with E-state index < -0.39 is 0 Å². The molecule has 2 aliphatic heterocycles. The van der Waals surface area contributed by atoms with Crippen LogP contribution in [0.2, 0.25) is 0 Å². The number of imidazole rings is 1. The number of rotatable bonds is 3. The van der Waals surface area contributed by atoms with E-state index in [0.29, 0.717) is 30.6 Å². The van der Waals surface area contributed by atoms with Gasteiger partial charge in [0.15, 0.2) is 5.65 Å². The molecule has 0 bridgehead atoms. The molecule has 4 rings (SSSR count). The van der Waals surface area contributed by atoms with E-state index in [1.54, 1.807) is 0 Å². The zero-order valence-corrected chi connectivity index (χ0v) is 15.8. The molecule has 26 heavy (non-hydrogen) atoms. The van der Waals surface area contributed by atoms with Crippen LogP contribution in [-0.4, -0.2) is 62.0 Å². The van der Waals surface area contributed by atoms with Crippen molar-refractivity contribution in [3.63, 3.8) is 0 Å². The van der Waals surface area contributed by atoms with Gasteiger partial charge in [0.2, 0.25) is 5.91 Å². The topological polar surface area (TPSA) is 54.3 Å². The second-order valence-electron chi connectivity index (χ2n) is 7.94. The quantitative estimate of drug-likeness (QED) is 0.849. The van der Waals surface area contributed by atoms with Gasteiger partial charge in [-0.25, -0.2) is 9.97 Å². The van der Waals surface area contributed by atoms with Crippen LogP contribution in [0, 0.1) is 0 Å². The molecule has 2 atom stereocenters. The van der Waals surface area contributed by atoms with Gasteiger partial charge in [-0.05, 0) is 58.1 Å². The van der Waals surface area contributed by atoms with Gasteiger partial charge < -0.3 is 9.47 Å². The Balaban J connectivity index is 1.36. The molecule has 0 N–H and O–H groups in total. The highest BCUT2D eigenvalue weighted by atomic mass is 16.2. The van der Waals surface area contributed by atoms with Crippen molar-refractivity contribution in [2.45, 2.75) is 64.1 Å². The summed E-state index contributed by atoms with van der Waals surface area (Å²) in [5, 5.41) is 0. The molecule has 2 aromatic heterocycles. The number of piperidine rings is 2. The summed E-state index contributed by atoms with van der Waals surface area (Å²) in [4.78, 5) is 26.2. The smallest absolute Gasteiger partial charge is 0.237 e. The number of nitrogens with zero attached hydrogens (tertiary/aromatic N) is 5. The Morgan fingerprint density at radius 2 is 1.85 bits per heavy atom. The van der Waals surface area contributed by atoms with Gasteiger partial charge in [-0.1, -0.05) is 0 Å². The minimum atomic E-state index is 0.304. The predicted molar refractivity (Wildman–Crippen MR) is 102 cm³/mol. The second-order valence-corrected chi connectivity index (χ2v) is 7.94. The van der Waals surface area contributed by atoms with E-state index in [1.165, 1.54) is 6.42 Å². The van der Waals surface area contributed by atoms with E-state index in [1.807, 2.05) is 24.7 Å². The van der Waals surface area contributed by atoms with Crippen molar-refractivity contribution >= 4 is 17.1 Å². The Hall–Kier alpha value is -1.95. The summed E-state index contributed by atoms with van der Waals surface area (Å²) in [6.07, 6.45) is 9.35. The van der Waals surface area contributed by atoms with Crippen molar-refractivity contribution in [1.82, 2.24) is 24.3 Å². The molecule has 0 aliphatic carbocycles. The fourth-order valence-corrected chi connectivity index (χ4v) is 4.68. The van der Waals surface area contributed by atoms with Crippen molar-refractivity contribution < 1.29 is 4.79 Å². The zero-order chi connectivity index (χ0) is 18.1. The molecule has 6 heteroatoms. The number of likely N-dealkylation sites (tertiary alicyclic amines) is 2. The molecule has 0 spiro atoms. The lowest BCUT2D eigenvalue weighted by Gasteiger charge is -2.41. The third-order valence-corrected chi connectivity index (χ3v) is 6.12. The number of carbonyl (C=O) groups excluding carboxylic acids is 1. The summed E-state index contributed by atoms with van der Waals surface area (Å²) < 4.78 is 2.21. The van der Waals surface area contributed by atoms with Crippen molar-refractivity contribution in [3.05, 3.63) is 24.7 Å². The maximum absolute atomic E-state index is 12.8. The predicted octanol–water partition coefficient (Wildman–Crippen LogP) is 2.86. The molecule has 2 aromatic rings. The van der Waals surface area contributed by atoms with Gasteiger partial charge in [-0.15, -0.1) is 0 Å². The van der Waals surface area contributed by atoms with Gasteiger partial charge in [-0.2, -0.15) is 0 Å². The molecule has 1 amide bonds. The van der Waals surface area contributed by atoms with E-state index in [4.69, 9.17) is 0 Å². The molecule has 2 saturated heterocycles. The van der Waals surface area contributed by atoms with Crippen molar-refractivity contribution in [1.29, 1.82) is 0 Å². The number of hydrogen-bond acceptors (Lipinski definition) is 4. The first-order valence-corrected chi connectivity index (χ1v) is 9.94. The van der Waals surface area contributed by atoms with Crippen LogP contribution >= 0.6 is 0 Å². The number of pyridine rings is 1. The summed E-state index contributed by atoms with van der Waals surface area (Å²) >= 11 is 0. The lowest BCUT2D eigenvalue weighted by atomic mass is 9.97. The molecule has 6 nitrogen and oxygen atoms in total. The number of amides is 1. The third-order valence-electron chi connectivity index (χ3n) is 6.12. The van der Waals surface area contributed by atoms with E-state index in [2.05, 4.69) is 38.2 Å². The average Bonchev–Trinajstić information content (AvgIpc) is 3.06. The summed E-state index contributed by atoms with van der Waals surface area (Å²) in [6, 6.07) is 5.12. The van der Waals surface area contributed by atoms with Crippen LogP contribution in [-0.2, 0) is 4.79 Å². The van der Waals surface area contributed by atoms with Gasteiger partial charge >= 0.3 is 0 Å². The molecule has 0 aromatic carbocycles. The Morgan fingerprint density at radius 1 is 1.12 bits per heavy atom. The minimum Gasteiger partial charge on any atom is -0.336 e. The molecule has 140 valence electrons. The monoisotopic (exact) mass is 355 g/mol. The van der Waals surface area contributed by atoms with Crippen LogP contribution in [0.4, 0.5) is 0 Å². The summed E-state index contributed by atoms with van der Waals surface area (Å²) in [5.41, 5.74) is 1.93. The Labute approximate surface area is 155 Å². The summed E-state index contributed by atoms with van der Waals surface area (Å²) in [7, 11) is 0. The molecular weight excluding hydrogens is 326 g/mol. The number of hydrogen-bond donors (Lipinski definition) is 0. The van der Waals surface area contributed by atoms with Gasteiger partial charge in [0, 0.05) is 37.4 Å². The van der Waals surface area contributed by atoms with Crippen LogP contribution < -0.4 is 0 Å². The minimum absolute atomic E-state index is 0.304. The first-order chi connectivity index (χ1) is 12.6. The van der Waals surface area contributed by atoms with Crippen molar-refractivity contribution in [2.24, 2.45) is 0 Å². The molecular formula is C20H29N5O. The largest absolute Gasteiger partial charge is 0.336 e. The van der Waals surface area contributed by atoms with E-state index in [9.17, 15) is 4.79 Å².